The number of hydrogen-bond donors (Lipinski definition) is 1. The van der Waals surface area contributed by atoms with Gasteiger partial charge in [-0.25, -0.2) is 0 Å². The molecule has 16 heavy (non-hydrogen) atoms. The molecule has 2 atom stereocenters. The van der Waals surface area contributed by atoms with Crippen LogP contribution >= 0.6 is 11.3 Å². The third kappa shape index (κ3) is 2.65. The standard InChI is InChI=1S/C13H22N2S/c1-10-4-5-13(16-10)11(2)15-7-6-12(9-15)8-14-3/h4-5,11-12,14H,6-9H2,1-3H3. The van der Waals surface area contributed by atoms with E-state index in [0.29, 0.717) is 6.04 Å². The molecule has 1 aromatic rings. The predicted molar refractivity (Wildman–Crippen MR) is 71.1 cm³/mol. The van der Waals surface area contributed by atoms with Crippen molar-refractivity contribution >= 4 is 11.3 Å². The lowest BCUT2D eigenvalue weighted by Gasteiger charge is -2.23. The predicted octanol–water partition coefficient (Wildman–Crippen LogP) is 2.66. The van der Waals surface area contributed by atoms with Crippen molar-refractivity contribution in [3.05, 3.63) is 21.9 Å². The SMILES string of the molecule is CNCC1CCN(C(C)c2ccc(C)s2)C1. The molecule has 2 heterocycles. The van der Waals surface area contributed by atoms with Gasteiger partial charge < -0.3 is 5.32 Å². The number of aryl methyl sites for hydroxylation is 1. The highest BCUT2D eigenvalue weighted by Gasteiger charge is 2.26. The van der Waals surface area contributed by atoms with Crippen molar-refractivity contribution < 1.29 is 0 Å². The quantitative estimate of drug-likeness (QED) is 0.867. The highest BCUT2D eigenvalue weighted by molar-refractivity contribution is 7.12. The molecule has 0 aromatic carbocycles. The van der Waals surface area contributed by atoms with Crippen LogP contribution in [0.2, 0.25) is 0 Å². The van der Waals surface area contributed by atoms with Crippen LogP contribution in [-0.2, 0) is 0 Å². The van der Waals surface area contributed by atoms with Crippen LogP contribution < -0.4 is 5.32 Å². The van der Waals surface area contributed by atoms with Gasteiger partial charge in [-0.2, -0.15) is 0 Å². The van der Waals surface area contributed by atoms with Gasteiger partial charge in [0.05, 0.1) is 0 Å². The zero-order valence-electron chi connectivity index (χ0n) is 10.5. The molecular weight excluding hydrogens is 216 g/mol. The fourth-order valence-electron chi connectivity index (χ4n) is 2.53. The average Bonchev–Trinajstić information content (AvgIpc) is 2.87. The van der Waals surface area contributed by atoms with E-state index in [-0.39, 0.29) is 0 Å². The van der Waals surface area contributed by atoms with E-state index >= 15 is 0 Å². The molecule has 0 saturated carbocycles. The number of nitrogens with one attached hydrogen (secondary N) is 1. The summed E-state index contributed by atoms with van der Waals surface area (Å²) >= 11 is 1.94. The van der Waals surface area contributed by atoms with Crippen LogP contribution in [0.4, 0.5) is 0 Å². The molecule has 90 valence electrons. The largest absolute Gasteiger partial charge is 0.319 e. The van der Waals surface area contributed by atoms with E-state index in [0.717, 1.165) is 12.5 Å². The van der Waals surface area contributed by atoms with Crippen molar-refractivity contribution in [2.45, 2.75) is 26.3 Å². The molecule has 1 N–H and O–H groups in total. The highest BCUT2D eigenvalue weighted by Crippen LogP contribution is 2.31. The minimum absolute atomic E-state index is 0.598. The van der Waals surface area contributed by atoms with Crippen LogP contribution in [0.15, 0.2) is 12.1 Å². The molecule has 0 amide bonds. The molecule has 3 heteroatoms. The second kappa shape index (κ2) is 5.30. The lowest BCUT2D eigenvalue weighted by Crippen LogP contribution is -2.26. The van der Waals surface area contributed by atoms with Gasteiger partial charge in [0.2, 0.25) is 0 Å². The molecule has 2 rings (SSSR count). The van der Waals surface area contributed by atoms with Crippen LogP contribution in [0.3, 0.4) is 0 Å². The molecule has 0 bridgehead atoms. The van der Waals surface area contributed by atoms with Gasteiger partial charge in [0.15, 0.2) is 0 Å². The Hall–Kier alpha value is -0.380. The second-order valence-corrected chi connectivity index (χ2v) is 6.15. The Labute approximate surface area is 103 Å². The van der Waals surface area contributed by atoms with Gasteiger partial charge in [0.1, 0.15) is 0 Å². The molecule has 1 aliphatic heterocycles. The molecule has 1 fully saturated rings. The maximum Gasteiger partial charge on any atom is 0.0413 e. The summed E-state index contributed by atoms with van der Waals surface area (Å²) in [7, 11) is 2.05. The molecule has 0 radical (unpaired) electrons. The summed E-state index contributed by atoms with van der Waals surface area (Å²) in [6.45, 7) is 8.19. The molecule has 2 nitrogen and oxygen atoms in total. The Morgan fingerprint density at radius 1 is 1.56 bits per heavy atom. The molecule has 2 unspecified atom stereocenters. The van der Waals surface area contributed by atoms with Gasteiger partial charge in [-0.05, 0) is 58.5 Å². The summed E-state index contributed by atoms with van der Waals surface area (Å²) in [4.78, 5) is 5.56. The fourth-order valence-corrected chi connectivity index (χ4v) is 3.49. The lowest BCUT2D eigenvalue weighted by atomic mass is 10.1. The normalized spacial score (nSPS) is 23.8. The zero-order chi connectivity index (χ0) is 11.5. The first-order valence-electron chi connectivity index (χ1n) is 6.15. The van der Waals surface area contributed by atoms with Crippen LogP contribution in [-0.4, -0.2) is 31.6 Å². The van der Waals surface area contributed by atoms with Crippen molar-refractivity contribution in [2.75, 3.05) is 26.7 Å². The third-order valence-corrected chi connectivity index (χ3v) is 4.70. The van der Waals surface area contributed by atoms with E-state index in [4.69, 9.17) is 0 Å². The summed E-state index contributed by atoms with van der Waals surface area (Å²) in [5.41, 5.74) is 0. The Morgan fingerprint density at radius 3 is 3.00 bits per heavy atom. The Bertz CT molecular complexity index is 334. The molecule has 1 saturated heterocycles. The number of nitrogens with zero attached hydrogens (tertiary/aromatic N) is 1. The van der Waals surface area contributed by atoms with Crippen LogP contribution in [0, 0.1) is 12.8 Å². The van der Waals surface area contributed by atoms with Crippen molar-refractivity contribution in [3.63, 3.8) is 0 Å². The summed E-state index contributed by atoms with van der Waals surface area (Å²) in [5.74, 6) is 0.841. The number of likely N-dealkylation sites (tertiary alicyclic amines) is 1. The number of thiophene rings is 1. The van der Waals surface area contributed by atoms with E-state index in [1.54, 1.807) is 0 Å². The van der Waals surface area contributed by atoms with Crippen LogP contribution in [0.1, 0.15) is 29.1 Å². The monoisotopic (exact) mass is 238 g/mol. The Morgan fingerprint density at radius 2 is 2.38 bits per heavy atom. The summed E-state index contributed by atoms with van der Waals surface area (Å²) in [5, 5.41) is 3.29. The maximum atomic E-state index is 3.29. The van der Waals surface area contributed by atoms with Gasteiger partial charge in [0, 0.05) is 22.3 Å². The first-order valence-corrected chi connectivity index (χ1v) is 6.97. The first-order chi connectivity index (χ1) is 7.70. The van der Waals surface area contributed by atoms with Crippen molar-refractivity contribution in [1.29, 1.82) is 0 Å². The zero-order valence-corrected chi connectivity index (χ0v) is 11.3. The van der Waals surface area contributed by atoms with E-state index in [2.05, 4.69) is 43.2 Å². The minimum atomic E-state index is 0.598. The van der Waals surface area contributed by atoms with E-state index in [1.165, 1.54) is 29.3 Å². The summed E-state index contributed by atoms with van der Waals surface area (Å²) in [6.07, 6.45) is 1.34. The Kier molecular flexibility index (Phi) is 4.00. The van der Waals surface area contributed by atoms with Gasteiger partial charge in [-0.3, -0.25) is 4.90 Å². The Balaban J connectivity index is 1.94. The topological polar surface area (TPSA) is 15.3 Å². The lowest BCUT2D eigenvalue weighted by molar-refractivity contribution is 0.255. The van der Waals surface area contributed by atoms with Gasteiger partial charge >= 0.3 is 0 Å². The summed E-state index contributed by atoms with van der Waals surface area (Å²) < 4.78 is 0. The number of hydrogen-bond acceptors (Lipinski definition) is 3. The molecule has 0 spiro atoms. The van der Waals surface area contributed by atoms with E-state index in [9.17, 15) is 0 Å². The van der Waals surface area contributed by atoms with Gasteiger partial charge in [-0.1, -0.05) is 0 Å². The minimum Gasteiger partial charge on any atom is -0.319 e. The van der Waals surface area contributed by atoms with Gasteiger partial charge in [-0.15, -0.1) is 11.3 Å². The molecular formula is C13H22N2S. The van der Waals surface area contributed by atoms with Crippen molar-refractivity contribution in [2.24, 2.45) is 5.92 Å². The second-order valence-electron chi connectivity index (χ2n) is 4.83. The van der Waals surface area contributed by atoms with E-state index in [1.807, 2.05) is 11.3 Å². The number of rotatable bonds is 4. The molecule has 1 aliphatic rings. The fraction of sp³-hybridized carbons (Fsp3) is 0.692. The molecule has 0 aliphatic carbocycles. The summed E-state index contributed by atoms with van der Waals surface area (Å²) in [6, 6.07) is 5.12. The first kappa shape index (κ1) is 12.1. The van der Waals surface area contributed by atoms with E-state index < -0.39 is 0 Å². The smallest absolute Gasteiger partial charge is 0.0413 e. The third-order valence-electron chi connectivity index (χ3n) is 3.53. The van der Waals surface area contributed by atoms with Crippen molar-refractivity contribution in [1.82, 2.24) is 10.2 Å². The van der Waals surface area contributed by atoms with Gasteiger partial charge in [0.25, 0.3) is 0 Å². The van der Waals surface area contributed by atoms with Crippen molar-refractivity contribution in [3.8, 4) is 0 Å². The highest BCUT2D eigenvalue weighted by atomic mass is 32.1. The molecule has 1 aromatic heterocycles. The average molecular weight is 238 g/mol. The van der Waals surface area contributed by atoms with Crippen LogP contribution in [0.5, 0.6) is 0 Å². The maximum absolute atomic E-state index is 3.29. The van der Waals surface area contributed by atoms with Crippen LogP contribution in [0.25, 0.3) is 0 Å².